The number of methoxy groups -OCH3 is 1. The predicted molar refractivity (Wildman–Crippen MR) is 45.9 cm³/mol. The van der Waals surface area contributed by atoms with Gasteiger partial charge in [0.2, 0.25) is 0 Å². The van der Waals surface area contributed by atoms with E-state index in [-0.39, 0.29) is 6.61 Å². The van der Waals surface area contributed by atoms with Crippen LogP contribution in [0.3, 0.4) is 0 Å². The van der Waals surface area contributed by atoms with Gasteiger partial charge in [0.25, 0.3) is 0 Å². The van der Waals surface area contributed by atoms with Crippen LogP contribution in [0.2, 0.25) is 0 Å². The summed E-state index contributed by atoms with van der Waals surface area (Å²) >= 11 is 0. The molecule has 2 aliphatic rings. The van der Waals surface area contributed by atoms with Gasteiger partial charge in [-0.05, 0) is 0 Å². The Kier molecular flexibility index (Phi) is 2.72. The molecule has 2 fully saturated rings. The lowest BCUT2D eigenvalue weighted by Crippen LogP contribution is -2.31. The van der Waals surface area contributed by atoms with E-state index in [2.05, 4.69) is 0 Å². The molecule has 0 spiro atoms. The summed E-state index contributed by atoms with van der Waals surface area (Å²) in [6.45, 7) is 0.248. The number of hydrogen-bond donors (Lipinski definition) is 1. The van der Waals surface area contributed by atoms with Crippen LogP contribution in [-0.2, 0) is 23.1 Å². The van der Waals surface area contributed by atoms with Crippen molar-refractivity contribution in [2.24, 2.45) is 0 Å². The van der Waals surface area contributed by atoms with Gasteiger partial charge in [0.1, 0.15) is 26.2 Å². The third kappa shape index (κ3) is 1.76. The van der Waals surface area contributed by atoms with Gasteiger partial charge in [0.15, 0.2) is 0 Å². The lowest BCUT2D eigenvalue weighted by atomic mass is 9.93. The molecule has 0 aliphatic carbocycles. The van der Waals surface area contributed by atoms with Crippen molar-refractivity contribution in [1.29, 1.82) is 0 Å². The van der Waals surface area contributed by atoms with Gasteiger partial charge in [-0.3, -0.25) is 9.05 Å². The Morgan fingerprint density at radius 1 is 1.50 bits per heavy atom. The third-order valence-corrected chi connectivity index (χ3v) is 3.21. The lowest BCUT2D eigenvalue weighted by Gasteiger charge is -2.15. The second kappa shape index (κ2) is 3.59. The van der Waals surface area contributed by atoms with E-state index < -0.39 is 32.1 Å². The maximum atomic E-state index is 11.1. The zero-order valence-electron chi connectivity index (χ0n) is 7.53. The molecule has 1 N–H and O–H groups in total. The van der Waals surface area contributed by atoms with Gasteiger partial charge in [-0.2, -0.15) is 0 Å². The number of rotatable bonds is 2. The lowest BCUT2D eigenvalue weighted by molar-refractivity contribution is -0.0157. The van der Waals surface area contributed by atoms with Gasteiger partial charge >= 0.3 is 7.82 Å². The first-order valence-electron chi connectivity index (χ1n) is 4.13. The van der Waals surface area contributed by atoms with Crippen LogP contribution in [-0.4, -0.2) is 50.8 Å². The summed E-state index contributed by atoms with van der Waals surface area (Å²) < 4.78 is 30.7. The molecule has 2 heterocycles. The molecule has 0 aromatic rings. The van der Waals surface area contributed by atoms with E-state index in [0.29, 0.717) is 0 Å². The van der Waals surface area contributed by atoms with Gasteiger partial charge in [-0.1, -0.05) is 0 Å². The quantitative estimate of drug-likeness (QED) is 0.495. The van der Waals surface area contributed by atoms with E-state index in [1.54, 1.807) is 0 Å². The smallest absolute Gasteiger partial charge is 0.382 e. The molecule has 0 saturated carbocycles. The van der Waals surface area contributed by atoms with Crippen molar-refractivity contribution in [3.8, 4) is 0 Å². The highest BCUT2D eigenvalue weighted by atomic mass is 31.2. The molecule has 5 atom stereocenters. The third-order valence-electron chi connectivity index (χ3n) is 2.19. The SMILES string of the molecule is [B]C1OC(COC)C2OP(=O)(O)OC12. The summed E-state index contributed by atoms with van der Waals surface area (Å²) in [5, 5.41) is 0. The number of ether oxygens (including phenoxy) is 2. The molecule has 2 aliphatic heterocycles. The number of hydrogen-bond acceptors (Lipinski definition) is 5. The number of phosphoric ester groups is 1. The molecule has 2 radical (unpaired) electrons. The summed E-state index contributed by atoms with van der Waals surface area (Å²) in [7, 11) is 3.11. The fraction of sp³-hybridized carbons (Fsp3) is 1.00. The molecule has 78 valence electrons. The Labute approximate surface area is 82.5 Å². The Morgan fingerprint density at radius 2 is 2.14 bits per heavy atom. The van der Waals surface area contributed by atoms with Crippen molar-refractivity contribution in [1.82, 2.24) is 0 Å². The minimum absolute atomic E-state index is 0.248. The van der Waals surface area contributed by atoms with Crippen LogP contribution in [0.1, 0.15) is 0 Å². The van der Waals surface area contributed by atoms with Crippen molar-refractivity contribution in [2.45, 2.75) is 24.3 Å². The Hall–Kier alpha value is 0.0949. The van der Waals surface area contributed by atoms with E-state index in [9.17, 15) is 4.57 Å². The van der Waals surface area contributed by atoms with Crippen LogP contribution in [0.5, 0.6) is 0 Å². The van der Waals surface area contributed by atoms with Crippen molar-refractivity contribution < 1.29 is 28.0 Å². The van der Waals surface area contributed by atoms with E-state index in [0.717, 1.165) is 0 Å². The molecule has 2 saturated heterocycles. The first-order valence-corrected chi connectivity index (χ1v) is 5.62. The number of phosphoric acid groups is 1. The van der Waals surface area contributed by atoms with Gasteiger partial charge in [-0.15, -0.1) is 0 Å². The molecule has 0 aromatic carbocycles. The number of fused-ring (bicyclic) bond motifs is 1. The highest BCUT2D eigenvalue weighted by molar-refractivity contribution is 7.47. The molecule has 8 heteroatoms. The minimum atomic E-state index is -3.93. The van der Waals surface area contributed by atoms with Gasteiger partial charge < -0.3 is 14.4 Å². The van der Waals surface area contributed by atoms with Crippen molar-refractivity contribution in [3.63, 3.8) is 0 Å². The minimum Gasteiger partial charge on any atom is -0.382 e. The standard InChI is InChI=1S/C6H10BO6P/c1-10-2-3-4-5(6(7)11-3)13-14(8,9)12-4/h3-6H,2H2,1H3,(H,8,9). The molecule has 5 unspecified atom stereocenters. The molecule has 6 nitrogen and oxygen atoms in total. The Balaban J connectivity index is 2.10. The summed E-state index contributed by atoms with van der Waals surface area (Å²) in [4.78, 5) is 9.06. The Morgan fingerprint density at radius 3 is 2.79 bits per heavy atom. The molecular weight excluding hydrogens is 210 g/mol. The first-order chi connectivity index (χ1) is 6.53. The van der Waals surface area contributed by atoms with E-state index in [1.807, 2.05) is 0 Å². The van der Waals surface area contributed by atoms with E-state index in [4.69, 9.17) is 31.3 Å². The average molecular weight is 220 g/mol. The van der Waals surface area contributed by atoms with Crippen molar-refractivity contribution >= 4 is 15.7 Å². The molecular formula is C6H10BO6P. The van der Waals surface area contributed by atoms with Crippen LogP contribution in [0, 0.1) is 0 Å². The zero-order valence-corrected chi connectivity index (χ0v) is 8.42. The summed E-state index contributed by atoms with van der Waals surface area (Å²) in [6, 6.07) is -0.747. The second-order valence-electron chi connectivity index (χ2n) is 3.20. The van der Waals surface area contributed by atoms with Gasteiger partial charge in [0, 0.05) is 13.1 Å². The van der Waals surface area contributed by atoms with Gasteiger partial charge in [-0.25, -0.2) is 4.57 Å². The summed E-state index contributed by atoms with van der Waals surface area (Å²) in [5.41, 5.74) is 0. The topological polar surface area (TPSA) is 74.2 Å². The van der Waals surface area contributed by atoms with Crippen LogP contribution in [0.25, 0.3) is 0 Å². The molecule has 0 bridgehead atoms. The average Bonchev–Trinajstić information content (AvgIpc) is 2.51. The monoisotopic (exact) mass is 220 g/mol. The molecule has 14 heavy (non-hydrogen) atoms. The van der Waals surface area contributed by atoms with E-state index >= 15 is 0 Å². The fourth-order valence-electron chi connectivity index (χ4n) is 1.63. The van der Waals surface area contributed by atoms with Crippen molar-refractivity contribution in [3.05, 3.63) is 0 Å². The van der Waals surface area contributed by atoms with Crippen LogP contribution < -0.4 is 0 Å². The normalized spacial score (nSPS) is 52.1. The summed E-state index contributed by atoms with van der Waals surface area (Å²) in [6.07, 6.45) is -1.77. The summed E-state index contributed by atoms with van der Waals surface area (Å²) in [5.74, 6) is 0. The van der Waals surface area contributed by atoms with Gasteiger partial charge in [0.05, 0.1) is 6.61 Å². The van der Waals surface area contributed by atoms with Crippen molar-refractivity contribution in [2.75, 3.05) is 13.7 Å². The van der Waals surface area contributed by atoms with E-state index in [1.165, 1.54) is 7.11 Å². The molecule has 0 amide bonds. The predicted octanol–water partition coefficient (Wildman–Crippen LogP) is -0.589. The van der Waals surface area contributed by atoms with Crippen LogP contribution >= 0.6 is 7.82 Å². The maximum Gasteiger partial charge on any atom is 0.473 e. The highest BCUT2D eigenvalue weighted by Crippen LogP contribution is 2.56. The van der Waals surface area contributed by atoms with Crippen LogP contribution in [0.4, 0.5) is 0 Å². The largest absolute Gasteiger partial charge is 0.473 e. The first kappa shape index (κ1) is 10.6. The molecule has 0 aromatic heterocycles. The maximum absolute atomic E-state index is 11.1. The highest BCUT2D eigenvalue weighted by Gasteiger charge is 2.55. The molecule has 2 rings (SSSR count). The second-order valence-corrected chi connectivity index (χ2v) is 4.56. The van der Waals surface area contributed by atoms with Crippen LogP contribution in [0.15, 0.2) is 0 Å². The zero-order chi connectivity index (χ0) is 10.3. The fourth-order valence-corrected chi connectivity index (χ4v) is 2.79. The Bertz CT molecular complexity index is 273.